The van der Waals surface area contributed by atoms with Gasteiger partial charge in [0.2, 0.25) is 5.91 Å². The van der Waals surface area contributed by atoms with Crippen LogP contribution in [0.15, 0.2) is 10.5 Å². The van der Waals surface area contributed by atoms with Gasteiger partial charge in [0.25, 0.3) is 0 Å². The van der Waals surface area contributed by atoms with Gasteiger partial charge in [-0.3, -0.25) is 4.79 Å². The van der Waals surface area contributed by atoms with Crippen LogP contribution in [-0.4, -0.2) is 31.3 Å². The Morgan fingerprint density at radius 1 is 1.50 bits per heavy atom. The summed E-state index contributed by atoms with van der Waals surface area (Å²) in [5.74, 6) is 1.47. The summed E-state index contributed by atoms with van der Waals surface area (Å²) in [5.41, 5.74) is -0.721. The van der Waals surface area contributed by atoms with Gasteiger partial charge in [-0.2, -0.15) is 0 Å². The SMILES string of the molecule is COCCC1(C(=O)NCC(C)(O)c2cc(C)oc2C)CCC1. The summed E-state index contributed by atoms with van der Waals surface area (Å²) in [6, 6.07) is 1.82. The fourth-order valence-electron chi connectivity index (χ4n) is 3.19. The third kappa shape index (κ3) is 3.36. The van der Waals surface area contributed by atoms with E-state index in [9.17, 15) is 9.90 Å². The third-order valence-corrected chi connectivity index (χ3v) is 4.79. The molecule has 0 saturated heterocycles. The smallest absolute Gasteiger partial charge is 0.226 e. The lowest BCUT2D eigenvalue weighted by molar-refractivity contribution is -0.138. The minimum atomic E-state index is -1.14. The Hall–Kier alpha value is -1.33. The molecule has 1 aliphatic rings. The average molecular weight is 309 g/mol. The molecule has 1 unspecified atom stereocenters. The second-order valence-electron chi connectivity index (χ2n) is 6.66. The van der Waals surface area contributed by atoms with Crippen LogP contribution in [0.25, 0.3) is 0 Å². The van der Waals surface area contributed by atoms with Gasteiger partial charge in [0, 0.05) is 19.3 Å². The van der Waals surface area contributed by atoms with Crippen LogP contribution in [-0.2, 0) is 15.1 Å². The van der Waals surface area contributed by atoms with Crippen molar-refractivity contribution in [2.24, 2.45) is 5.41 Å². The van der Waals surface area contributed by atoms with Crippen molar-refractivity contribution >= 4 is 5.91 Å². The third-order valence-electron chi connectivity index (χ3n) is 4.79. The quantitative estimate of drug-likeness (QED) is 0.811. The number of carbonyl (C=O) groups excluding carboxylic acids is 1. The number of methoxy groups -OCH3 is 1. The number of hydrogen-bond donors (Lipinski definition) is 2. The predicted octanol–water partition coefficient (Wildman–Crippen LogP) is 2.43. The number of carbonyl (C=O) groups is 1. The Kier molecular flexibility index (Phi) is 4.97. The normalized spacial score (nSPS) is 19.3. The fraction of sp³-hybridized carbons (Fsp3) is 0.706. The molecular formula is C17H27NO4. The van der Waals surface area contributed by atoms with E-state index >= 15 is 0 Å². The molecule has 5 nitrogen and oxygen atoms in total. The lowest BCUT2D eigenvalue weighted by Crippen LogP contribution is -2.49. The number of furan rings is 1. The average Bonchev–Trinajstić information content (AvgIpc) is 2.75. The van der Waals surface area contributed by atoms with Crippen LogP contribution in [0.3, 0.4) is 0 Å². The first kappa shape index (κ1) is 17.0. The van der Waals surface area contributed by atoms with E-state index in [1.54, 1.807) is 14.0 Å². The molecule has 1 aromatic heterocycles. The van der Waals surface area contributed by atoms with Crippen LogP contribution in [0.5, 0.6) is 0 Å². The van der Waals surface area contributed by atoms with E-state index < -0.39 is 5.60 Å². The van der Waals surface area contributed by atoms with Crippen molar-refractivity contribution in [3.8, 4) is 0 Å². The molecule has 5 heteroatoms. The molecule has 0 radical (unpaired) electrons. The molecule has 22 heavy (non-hydrogen) atoms. The van der Waals surface area contributed by atoms with Gasteiger partial charge in [-0.25, -0.2) is 0 Å². The molecule has 1 heterocycles. The highest BCUT2D eigenvalue weighted by atomic mass is 16.5. The Labute approximate surface area is 132 Å². The van der Waals surface area contributed by atoms with Crippen LogP contribution < -0.4 is 5.32 Å². The molecule has 1 aliphatic carbocycles. The van der Waals surface area contributed by atoms with Crippen LogP contribution in [0.2, 0.25) is 0 Å². The Morgan fingerprint density at radius 2 is 2.18 bits per heavy atom. The zero-order valence-electron chi connectivity index (χ0n) is 14.0. The van der Waals surface area contributed by atoms with Crippen molar-refractivity contribution in [1.29, 1.82) is 0 Å². The summed E-state index contributed by atoms with van der Waals surface area (Å²) < 4.78 is 10.6. The van der Waals surface area contributed by atoms with Crippen LogP contribution >= 0.6 is 0 Å². The number of amides is 1. The van der Waals surface area contributed by atoms with Gasteiger partial charge in [0.1, 0.15) is 17.1 Å². The second kappa shape index (κ2) is 6.42. The Bertz CT molecular complexity index is 529. The Morgan fingerprint density at radius 3 is 2.64 bits per heavy atom. The van der Waals surface area contributed by atoms with Gasteiger partial charge in [-0.15, -0.1) is 0 Å². The molecule has 1 amide bonds. The van der Waals surface area contributed by atoms with Gasteiger partial charge >= 0.3 is 0 Å². The molecule has 0 bridgehead atoms. The summed E-state index contributed by atoms with van der Waals surface area (Å²) in [4.78, 5) is 12.5. The molecule has 0 spiro atoms. The highest BCUT2D eigenvalue weighted by molar-refractivity contribution is 5.83. The maximum Gasteiger partial charge on any atom is 0.226 e. The second-order valence-corrected chi connectivity index (χ2v) is 6.66. The van der Waals surface area contributed by atoms with Gasteiger partial charge in [0.15, 0.2) is 0 Å². The molecule has 0 aliphatic heterocycles. The Balaban J connectivity index is 1.99. The molecule has 1 fully saturated rings. The topological polar surface area (TPSA) is 71.7 Å². The first-order chi connectivity index (χ1) is 10.3. The highest BCUT2D eigenvalue weighted by Gasteiger charge is 2.44. The van der Waals surface area contributed by atoms with E-state index in [0.29, 0.717) is 12.4 Å². The van der Waals surface area contributed by atoms with Crippen molar-refractivity contribution < 1.29 is 19.1 Å². The van der Waals surface area contributed by atoms with Crippen molar-refractivity contribution in [3.05, 3.63) is 23.2 Å². The van der Waals surface area contributed by atoms with E-state index in [2.05, 4.69) is 5.32 Å². The van der Waals surface area contributed by atoms with Crippen molar-refractivity contribution in [2.75, 3.05) is 20.3 Å². The van der Waals surface area contributed by atoms with Gasteiger partial charge in [0.05, 0.1) is 12.0 Å². The van der Waals surface area contributed by atoms with Crippen LogP contribution in [0, 0.1) is 19.3 Å². The zero-order valence-corrected chi connectivity index (χ0v) is 14.0. The molecule has 1 atom stereocenters. The van der Waals surface area contributed by atoms with E-state index in [-0.39, 0.29) is 17.9 Å². The maximum absolute atomic E-state index is 12.5. The first-order valence-electron chi connectivity index (χ1n) is 7.88. The van der Waals surface area contributed by atoms with Crippen molar-refractivity contribution in [1.82, 2.24) is 5.32 Å². The monoisotopic (exact) mass is 309 g/mol. The number of hydrogen-bond acceptors (Lipinski definition) is 4. The minimum absolute atomic E-state index is 0.0222. The van der Waals surface area contributed by atoms with Crippen molar-refractivity contribution in [2.45, 2.75) is 52.1 Å². The largest absolute Gasteiger partial charge is 0.466 e. The number of ether oxygens (including phenoxy) is 1. The summed E-state index contributed by atoms with van der Waals surface area (Å²) in [5, 5.41) is 13.6. The molecule has 124 valence electrons. The van der Waals surface area contributed by atoms with Gasteiger partial charge in [-0.1, -0.05) is 6.42 Å². The molecule has 2 rings (SSSR count). The van der Waals surface area contributed by atoms with E-state index in [4.69, 9.17) is 9.15 Å². The van der Waals surface area contributed by atoms with Gasteiger partial charge in [-0.05, 0) is 46.1 Å². The summed E-state index contributed by atoms with van der Waals surface area (Å²) in [7, 11) is 1.65. The fourth-order valence-corrected chi connectivity index (χ4v) is 3.19. The summed E-state index contributed by atoms with van der Waals surface area (Å²) in [6.07, 6.45) is 3.61. The molecule has 2 N–H and O–H groups in total. The highest BCUT2D eigenvalue weighted by Crippen LogP contribution is 2.44. The van der Waals surface area contributed by atoms with Gasteiger partial charge < -0.3 is 19.6 Å². The standard InChI is InChI=1S/C17H27NO4/c1-12-10-14(13(2)22-12)16(3,20)11-18-15(19)17(6-5-7-17)8-9-21-4/h10,20H,5-9,11H2,1-4H3,(H,18,19). The number of aryl methyl sites for hydroxylation is 2. The summed E-state index contributed by atoms with van der Waals surface area (Å²) >= 11 is 0. The minimum Gasteiger partial charge on any atom is -0.466 e. The lowest BCUT2D eigenvalue weighted by atomic mass is 9.66. The molecule has 1 saturated carbocycles. The van der Waals surface area contributed by atoms with E-state index in [1.165, 1.54) is 0 Å². The molecule has 0 aromatic carbocycles. The van der Waals surface area contributed by atoms with Crippen molar-refractivity contribution in [3.63, 3.8) is 0 Å². The number of nitrogens with one attached hydrogen (secondary N) is 1. The van der Waals surface area contributed by atoms with Crippen LogP contribution in [0.4, 0.5) is 0 Å². The zero-order chi connectivity index (χ0) is 16.4. The van der Waals surface area contributed by atoms with E-state index in [1.807, 2.05) is 19.9 Å². The molecule has 1 aromatic rings. The lowest BCUT2D eigenvalue weighted by Gasteiger charge is -2.40. The number of aliphatic hydroxyl groups is 1. The first-order valence-corrected chi connectivity index (χ1v) is 7.88. The predicted molar refractivity (Wildman–Crippen MR) is 83.5 cm³/mol. The molecular weight excluding hydrogens is 282 g/mol. The number of rotatable bonds is 7. The van der Waals surface area contributed by atoms with Crippen LogP contribution in [0.1, 0.15) is 49.7 Å². The van der Waals surface area contributed by atoms with E-state index in [0.717, 1.165) is 37.0 Å². The summed E-state index contributed by atoms with van der Waals surface area (Å²) in [6.45, 7) is 6.14. The maximum atomic E-state index is 12.5.